The van der Waals surface area contributed by atoms with Crippen molar-refractivity contribution in [2.24, 2.45) is 0 Å². The van der Waals surface area contributed by atoms with Crippen molar-refractivity contribution in [1.82, 2.24) is 24.8 Å². The molecule has 0 aliphatic carbocycles. The number of aromatic nitrogens is 4. The van der Waals surface area contributed by atoms with Crippen molar-refractivity contribution >= 4 is 28.6 Å². The Morgan fingerprint density at radius 3 is 2.32 bits per heavy atom. The summed E-state index contributed by atoms with van der Waals surface area (Å²) in [5.41, 5.74) is 8.45. The number of hydrogen-bond acceptors (Lipinski definition) is 8. The van der Waals surface area contributed by atoms with Gasteiger partial charge < -0.3 is 20.5 Å². The molecule has 0 spiro atoms. The molecule has 0 fully saturated rings. The van der Waals surface area contributed by atoms with Crippen molar-refractivity contribution in [3.05, 3.63) is 88.8 Å². The normalized spacial score (nSPS) is 13.8. The number of alkyl halides is 6. The first-order valence-electron chi connectivity index (χ1n) is 12.9. The molecule has 1 atom stereocenters. The van der Waals surface area contributed by atoms with Crippen LogP contribution in [0, 0.1) is 0 Å². The summed E-state index contributed by atoms with van der Waals surface area (Å²) in [7, 11) is 0. The van der Waals surface area contributed by atoms with Crippen LogP contribution in [0.3, 0.4) is 0 Å². The maximum absolute atomic E-state index is 13.9. The Labute approximate surface area is 245 Å². The van der Waals surface area contributed by atoms with Gasteiger partial charge in [0.05, 0.1) is 42.6 Å². The van der Waals surface area contributed by atoms with Crippen molar-refractivity contribution in [2.75, 3.05) is 12.3 Å². The van der Waals surface area contributed by atoms with E-state index in [1.54, 1.807) is 43.6 Å². The smallest absolute Gasteiger partial charge is 0.475 e. The molecule has 1 amide bonds. The van der Waals surface area contributed by atoms with Gasteiger partial charge in [0.2, 0.25) is 0 Å². The van der Waals surface area contributed by atoms with Crippen LogP contribution in [-0.2, 0) is 35.3 Å². The second-order valence-electron chi connectivity index (χ2n) is 9.54. The molecule has 10 nitrogen and oxygen atoms in total. The number of pyridine rings is 2. The van der Waals surface area contributed by atoms with E-state index < -0.39 is 29.9 Å². The number of nitrogen functional groups attached to an aromatic ring is 1. The number of carboxylic acids is 1. The number of hydrogen-bond donors (Lipinski definition) is 2. The van der Waals surface area contributed by atoms with Crippen LogP contribution in [0.1, 0.15) is 51.5 Å². The van der Waals surface area contributed by atoms with Crippen molar-refractivity contribution in [2.45, 2.75) is 44.9 Å². The summed E-state index contributed by atoms with van der Waals surface area (Å²) in [5.74, 6) is -2.30. The Hall–Kier alpha value is -4.86. The first-order chi connectivity index (χ1) is 20.7. The Bertz CT molecular complexity index is 1650. The van der Waals surface area contributed by atoms with Gasteiger partial charge in [0.25, 0.3) is 5.91 Å². The van der Waals surface area contributed by atoms with E-state index in [0.29, 0.717) is 48.1 Å². The van der Waals surface area contributed by atoms with Crippen LogP contribution in [0.15, 0.2) is 55.0 Å². The minimum Gasteiger partial charge on any atom is -0.475 e. The lowest BCUT2D eigenvalue weighted by Crippen LogP contribution is -2.34. The number of fused-ring (bicyclic) bond motifs is 3. The molecule has 0 saturated carbocycles. The van der Waals surface area contributed by atoms with Crippen LogP contribution in [0.25, 0.3) is 10.9 Å². The SMILES string of the molecule is CC(c1ncccn1)N(Cc1ccc(C(F)(F)F)cn1)C(=O)c1ccc2nc(N)c3c(c2c1)CCOC3.O=C(O)C(F)(F)F. The third kappa shape index (κ3) is 7.37. The molecule has 44 heavy (non-hydrogen) atoms. The van der Waals surface area contributed by atoms with Crippen molar-refractivity contribution < 1.29 is 45.8 Å². The highest BCUT2D eigenvalue weighted by molar-refractivity contribution is 5.99. The van der Waals surface area contributed by atoms with E-state index in [9.17, 15) is 31.1 Å². The fourth-order valence-electron chi connectivity index (χ4n) is 4.39. The van der Waals surface area contributed by atoms with Gasteiger partial charge in [-0.3, -0.25) is 9.78 Å². The maximum atomic E-state index is 13.9. The Morgan fingerprint density at radius 1 is 1.05 bits per heavy atom. The quantitative estimate of drug-likeness (QED) is 0.290. The number of carboxylic acid groups (broad SMARTS) is 1. The Kier molecular flexibility index (Phi) is 9.32. The van der Waals surface area contributed by atoms with Gasteiger partial charge in [-0.2, -0.15) is 26.3 Å². The summed E-state index contributed by atoms with van der Waals surface area (Å²) in [5, 5.41) is 7.94. The zero-order valence-electron chi connectivity index (χ0n) is 22.9. The first-order valence-corrected chi connectivity index (χ1v) is 12.9. The van der Waals surface area contributed by atoms with E-state index in [-0.39, 0.29) is 12.5 Å². The van der Waals surface area contributed by atoms with E-state index in [0.717, 1.165) is 28.8 Å². The zero-order chi connectivity index (χ0) is 32.2. The molecule has 1 aliphatic heterocycles. The van der Waals surface area contributed by atoms with E-state index in [4.69, 9.17) is 20.4 Å². The molecule has 0 saturated heterocycles. The van der Waals surface area contributed by atoms with Gasteiger partial charge in [-0.05, 0) is 55.3 Å². The predicted molar refractivity (Wildman–Crippen MR) is 143 cm³/mol. The third-order valence-electron chi connectivity index (χ3n) is 6.64. The third-order valence-corrected chi connectivity index (χ3v) is 6.64. The van der Waals surface area contributed by atoms with E-state index in [1.165, 1.54) is 11.0 Å². The van der Waals surface area contributed by atoms with Crippen LogP contribution in [0.5, 0.6) is 0 Å². The predicted octanol–water partition coefficient (Wildman–Crippen LogP) is 5.13. The highest BCUT2D eigenvalue weighted by Crippen LogP contribution is 2.32. The molecule has 3 aromatic heterocycles. The molecule has 1 aliphatic rings. The molecule has 1 unspecified atom stereocenters. The lowest BCUT2D eigenvalue weighted by molar-refractivity contribution is -0.192. The van der Waals surface area contributed by atoms with E-state index in [1.807, 2.05) is 0 Å². The largest absolute Gasteiger partial charge is 0.490 e. The summed E-state index contributed by atoms with van der Waals surface area (Å²) in [6.07, 6.45) is -5.04. The van der Waals surface area contributed by atoms with Gasteiger partial charge in [-0.25, -0.2) is 19.7 Å². The highest BCUT2D eigenvalue weighted by Gasteiger charge is 2.38. The number of anilines is 1. The second kappa shape index (κ2) is 12.8. The number of ether oxygens (including phenoxy) is 1. The average Bonchev–Trinajstić information content (AvgIpc) is 2.99. The summed E-state index contributed by atoms with van der Waals surface area (Å²) >= 11 is 0. The topological polar surface area (TPSA) is 144 Å². The molecule has 3 N–H and O–H groups in total. The molecule has 4 heterocycles. The molecule has 1 aromatic carbocycles. The number of carbonyl (C=O) groups is 2. The fourth-order valence-corrected chi connectivity index (χ4v) is 4.39. The number of halogens is 6. The van der Waals surface area contributed by atoms with Gasteiger partial charge in [0, 0.05) is 35.1 Å². The minimum absolute atomic E-state index is 0.0413. The van der Waals surface area contributed by atoms with Gasteiger partial charge in [0.15, 0.2) is 0 Å². The van der Waals surface area contributed by atoms with Crippen molar-refractivity contribution in [3.63, 3.8) is 0 Å². The monoisotopic (exact) mass is 622 g/mol. The molecule has 16 heteroatoms. The lowest BCUT2D eigenvalue weighted by atomic mass is 9.97. The molecular weight excluding hydrogens is 598 g/mol. The molecule has 232 valence electrons. The van der Waals surface area contributed by atoms with E-state index >= 15 is 0 Å². The second-order valence-corrected chi connectivity index (χ2v) is 9.54. The maximum Gasteiger partial charge on any atom is 0.490 e. The Morgan fingerprint density at radius 2 is 1.73 bits per heavy atom. The first kappa shape index (κ1) is 32.1. The average molecular weight is 623 g/mol. The minimum atomic E-state index is -5.08. The number of nitrogens with zero attached hydrogens (tertiary/aromatic N) is 5. The number of aliphatic carboxylic acids is 1. The van der Waals surface area contributed by atoms with E-state index in [2.05, 4.69) is 19.9 Å². The number of nitrogens with two attached hydrogens (primary N) is 1. The molecule has 5 rings (SSSR count). The number of carbonyl (C=O) groups excluding carboxylic acids is 1. The van der Waals surface area contributed by atoms with Gasteiger partial charge in [-0.15, -0.1) is 0 Å². The summed E-state index contributed by atoms with van der Waals surface area (Å²) < 4.78 is 76.3. The Balaban J connectivity index is 0.000000566. The zero-order valence-corrected chi connectivity index (χ0v) is 22.9. The molecule has 0 bridgehead atoms. The van der Waals surface area contributed by atoms with Crippen molar-refractivity contribution in [1.29, 1.82) is 0 Å². The van der Waals surface area contributed by atoms with Gasteiger partial charge in [-0.1, -0.05) is 0 Å². The summed E-state index contributed by atoms with van der Waals surface area (Å²) in [6, 6.07) is 8.48. The highest BCUT2D eigenvalue weighted by atomic mass is 19.4. The molecule has 0 radical (unpaired) electrons. The van der Waals surface area contributed by atoms with Crippen LogP contribution in [-0.4, -0.2) is 54.6 Å². The summed E-state index contributed by atoms with van der Waals surface area (Å²) in [6.45, 7) is 2.62. The van der Waals surface area contributed by atoms with Crippen LogP contribution < -0.4 is 5.73 Å². The van der Waals surface area contributed by atoms with Crippen LogP contribution >= 0.6 is 0 Å². The van der Waals surface area contributed by atoms with Crippen LogP contribution in [0.2, 0.25) is 0 Å². The van der Waals surface area contributed by atoms with Crippen molar-refractivity contribution in [3.8, 4) is 0 Å². The summed E-state index contributed by atoms with van der Waals surface area (Å²) in [4.78, 5) is 41.2. The number of rotatable bonds is 5. The molecular formula is C28H24F6N6O4. The van der Waals surface area contributed by atoms with Crippen LogP contribution in [0.4, 0.5) is 32.2 Å². The number of amides is 1. The van der Waals surface area contributed by atoms with Gasteiger partial charge >= 0.3 is 18.3 Å². The van der Waals surface area contributed by atoms with Gasteiger partial charge in [0.1, 0.15) is 11.6 Å². The number of benzene rings is 1. The molecule has 4 aromatic rings. The lowest BCUT2D eigenvalue weighted by Gasteiger charge is -2.28. The fraction of sp³-hybridized carbons (Fsp3) is 0.286. The standard InChI is InChI=1S/C26H23F3N6O2.C2HF3O2/c1-15(24-31-8-2-9-32-24)35(13-18-5-4-17(12-33-18)26(27,28)29)25(36)16-3-6-22-20(11-16)19-7-10-37-14-21(19)23(30)34-22;3-2(4,5)1(6)7/h2-6,8-9,11-12,15H,7,10,13-14H2,1H3,(H2,30,34);(H,6,7).